The Hall–Kier alpha value is -2.30. The first-order valence-electron chi connectivity index (χ1n) is 7.68. The van der Waals surface area contributed by atoms with E-state index >= 15 is 0 Å². The Morgan fingerprint density at radius 3 is 2.64 bits per heavy atom. The van der Waals surface area contributed by atoms with Gasteiger partial charge in [0.25, 0.3) is 0 Å². The van der Waals surface area contributed by atoms with Gasteiger partial charge in [-0.15, -0.1) is 0 Å². The van der Waals surface area contributed by atoms with Gasteiger partial charge in [-0.2, -0.15) is 0 Å². The van der Waals surface area contributed by atoms with Gasteiger partial charge >= 0.3 is 6.03 Å². The highest BCUT2D eigenvalue weighted by Crippen LogP contribution is 2.19. The van der Waals surface area contributed by atoms with E-state index in [1.807, 2.05) is 36.4 Å². The normalized spacial score (nSPS) is 10.7. The first-order valence-corrected chi connectivity index (χ1v) is 7.68. The maximum absolute atomic E-state index is 11.6. The molecular weight excluding hydrogens is 278 g/mol. The molecule has 1 heterocycles. The van der Waals surface area contributed by atoms with Crippen LogP contribution >= 0.6 is 0 Å². The lowest BCUT2D eigenvalue weighted by molar-refractivity contribution is 0.240. The monoisotopic (exact) mass is 301 g/mol. The zero-order valence-corrected chi connectivity index (χ0v) is 13.1. The van der Waals surface area contributed by atoms with Crippen LogP contribution in [0.25, 0.3) is 11.3 Å². The number of nitrogens with zero attached hydrogens (tertiary/aromatic N) is 1. The lowest BCUT2D eigenvalue weighted by Gasteiger charge is -2.08. The summed E-state index contributed by atoms with van der Waals surface area (Å²) in [6, 6.07) is 11.6. The second-order valence-electron chi connectivity index (χ2n) is 5.66. The maximum atomic E-state index is 11.6. The van der Waals surface area contributed by atoms with Crippen molar-refractivity contribution in [2.24, 2.45) is 5.92 Å². The van der Waals surface area contributed by atoms with Crippen LogP contribution in [-0.2, 0) is 6.42 Å². The van der Waals surface area contributed by atoms with Gasteiger partial charge in [0, 0.05) is 31.1 Å². The molecule has 0 unspecified atom stereocenters. The molecule has 1 aromatic heterocycles. The number of benzene rings is 1. The molecule has 2 rings (SSSR count). The molecule has 2 N–H and O–H groups in total. The molecule has 5 nitrogen and oxygen atoms in total. The topological polar surface area (TPSA) is 67.2 Å². The molecule has 0 aliphatic rings. The summed E-state index contributed by atoms with van der Waals surface area (Å²) in [5.41, 5.74) is 1.84. The van der Waals surface area contributed by atoms with Crippen LogP contribution in [0.15, 0.2) is 40.9 Å². The number of rotatable bonds is 7. The molecule has 0 aliphatic heterocycles. The van der Waals surface area contributed by atoms with Crippen molar-refractivity contribution in [1.29, 1.82) is 0 Å². The van der Waals surface area contributed by atoms with Crippen LogP contribution in [0.2, 0.25) is 0 Å². The summed E-state index contributed by atoms with van der Waals surface area (Å²) in [6.07, 6.45) is 1.63. The molecular formula is C17H23N3O2. The summed E-state index contributed by atoms with van der Waals surface area (Å²) in [6.45, 7) is 5.50. The minimum atomic E-state index is -0.132. The summed E-state index contributed by atoms with van der Waals surface area (Å²) in [4.78, 5) is 11.6. The summed E-state index contributed by atoms with van der Waals surface area (Å²) in [7, 11) is 0. The van der Waals surface area contributed by atoms with Crippen molar-refractivity contribution in [2.45, 2.75) is 26.7 Å². The zero-order valence-electron chi connectivity index (χ0n) is 13.1. The first kappa shape index (κ1) is 16.1. The number of carbonyl (C=O) groups is 1. The SMILES string of the molecule is CC(C)CCNC(=O)NCCc1cc(-c2ccccc2)on1. The predicted octanol–water partition coefficient (Wildman–Crippen LogP) is 3.23. The van der Waals surface area contributed by atoms with E-state index in [9.17, 15) is 4.79 Å². The van der Waals surface area contributed by atoms with E-state index in [0.717, 1.165) is 23.4 Å². The van der Waals surface area contributed by atoms with Crippen LogP contribution in [0.3, 0.4) is 0 Å². The van der Waals surface area contributed by atoms with Crippen molar-refractivity contribution in [1.82, 2.24) is 15.8 Å². The molecule has 2 amide bonds. The van der Waals surface area contributed by atoms with Crippen LogP contribution < -0.4 is 10.6 Å². The third kappa shape index (κ3) is 5.24. The van der Waals surface area contributed by atoms with Gasteiger partial charge in [-0.25, -0.2) is 4.79 Å². The molecule has 0 radical (unpaired) electrons. The summed E-state index contributed by atoms with van der Waals surface area (Å²) >= 11 is 0. The average Bonchev–Trinajstić information content (AvgIpc) is 2.97. The van der Waals surface area contributed by atoms with Gasteiger partial charge < -0.3 is 15.2 Å². The fourth-order valence-electron chi connectivity index (χ4n) is 2.01. The average molecular weight is 301 g/mol. The van der Waals surface area contributed by atoms with Crippen LogP contribution in [0.5, 0.6) is 0 Å². The molecule has 0 fully saturated rings. The van der Waals surface area contributed by atoms with Crippen LogP contribution in [0, 0.1) is 5.92 Å². The number of nitrogens with one attached hydrogen (secondary N) is 2. The van der Waals surface area contributed by atoms with Crippen LogP contribution in [-0.4, -0.2) is 24.3 Å². The Balaban J connectivity index is 1.72. The highest BCUT2D eigenvalue weighted by atomic mass is 16.5. The largest absolute Gasteiger partial charge is 0.356 e. The molecule has 0 spiro atoms. The van der Waals surface area contributed by atoms with Gasteiger partial charge in [-0.3, -0.25) is 0 Å². The third-order valence-corrected chi connectivity index (χ3v) is 3.29. The predicted molar refractivity (Wildman–Crippen MR) is 86.5 cm³/mol. The maximum Gasteiger partial charge on any atom is 0.314 e. The van der Waals surface area contributed by atoms with Crippen molar-refractivity contribution in [3.05, 3.63) is 42.1 Å². The van der Waals surface area contributed by atoms with E-state index in [1.54, 1.807) is 0 Å². The highest BCUT2D eigenvalue weighted by Gasteiger charge is 2.07. The lowest BCUT2D eigenvalue weighted by atomic mass is 10.1. The fraction of sp³-hybridized carbons (Fsp3) is 0.412. The van der Waals surface area contributed by atoms with Gasteiger partial charge in [0.1, 0.15) is 0 Å². The van der Waals surface area contributed by atoms with Gasteiger partial charge in [0.2, 0.25) is 0 Å². The van der Waals surface area contributed by atoms with E-state index in [1.165, 1.54) is 0 Å². The Morgan fingerprint density at radius 2 is 1.91 bits per heavy atom. The second kappa shape index (κ2) is 8.22. The number of hydrogen-bond acceptors (Lipinski definition) is 3. The van der Waals surface area contributed by atoms with E-state index < -0.39 is 0 Å². The van der Waals surface area contributed by atoms with E-state index in [2.05, 4.69) is 29.6 Å². The van der Waals surface area contributed by atoms with Gasteiger partial charge in [-0.1, -0.05) is 49.3 Å². The number of amides is 2. The molecule has 22 heavy (non-hydrogen) atoms. The van der Waals surface area contributed by atoms with Gasteiger partial charge in [0.05, 0.1) is 5.69 Å². The van der Waals surface area contributed by atoms with Crippen molar-refractivity contribution in [2.75, 3.05) is 13.1 Å². The molecule has 5 heteroatoms. The smallest absolute Gasteiger partial charge is 0.314 e. The lowest BCUT2D eigenvalue weighted by Crippen LogP contribution is -2.37. The van der Waals surface area contributed by atoms with Gasteiger partial charge in [0.15, 0.2) is 5.76 Å². The quantitative estimate of drug-likeness (QED) is 0.825. The van der Waals surface area contributed by atoms with Crippen molar-refractivity contribution in [3.63, 3.8) is 0 Å². The Morgan fingerprint density at radius 1 is 1.18 bits per heavy atom. The summed E-state index contributed by atoms with van der Waals surface area (Å²) in [5, 5.41) is 9.69. The molecule has 0 saturated carbocycles. The van der Waals surface area contributed by atoms with Crippen molar-refractivity contribution < 1.29 is 9.32 Å². The molecule has 0 saturated heterocycles. The Bertz CT molecular complexity index is 579. The summed E-state index contributed by atoms with van der Waals surface area (Å²) in [5.74, 6) is 1.34. The van der Waals surface area contributed by atoms with Crippen molar-refractivity contribution >= 4 is 6.03 Å². The number of hydrogen-bond donors (Lipinski definition) is 2. The number of aromatic nitrogens is 1. The van der Waals surface area contributed by atoms with Crippen LogP contribution in [0.1, 0.15) is 26.0 Å². The minimum absolute atomic E-state index is 0.132. The summed E-state index contributed by atoms with van der Waals surface area (Å²) < 4.78 is 5.32. The highest BCUT2D eigenvalue weighted by molar-refractivity contribution is 5.73. The second-order valence-corrected chi connectivity index (χ2v) is 5.66. The first-order chi connectivity index (χ1) is 10.6. The molecule has 0 bridgehead atoms. The number of carbonyl (C=O) groups excluding carboxylic acids is 1. The van der Waals surface area contributed by atoms with Crippen molar-refractivity contribution in [3.8, 4) is 11.3 Å². The van der Waals surface area contributed by atoms with E-state index in [0.29, 0.717) is 25.4 Å². The fourth-order valence-corrected chi connectivity index (χ4v) is 2.01. The molecule has 2 aromatic rings. The van der Waals surface area contributed by atoms with Crippen LogP contribution in [0.4, 0.5) is 4.79 Å². The molecule has 118 valence electrons. The Kier molecular flexibility index (Phi) is 6.01. The number of urea groups is 1. The van der Waals surface area contributed by atoms with E-state index in [4.69, 9.17) is 4.52 Å². The van der Waals surface area contributed by atoms with E-state index in [-0.39, 0.29) is 6.03 Å². The minimum Gasteiger partial charge on any atom is -0.356 e. The molecule has 1 aromatic carbocycles. The molecule has 0 aliphatic carbocycles. The Labute approximate surface area is 131 Å². The standard InChI is InChI=1S/C17H23N3O2/c1-13(2)8-10-18-17(21)19-11-9-15-12-16(22-20-15)14-6-4-3-5-7-14/h3-7,12-13H,8-11H2,1-2H3,(H2,18,19,21). The molecule has 0 atom stereocenters. The third-order valence-electron chi connectivity index (χ3n) is 3.29. The zero-order chi connectivity index (χ0) is 15.8. The van der Waals surface area contributed by atoms with Gasteiger partial charge in [-0.05, 0) is 12.3 Å².